The van der Waals surface area contributed by atoms with Gasteiger partial charge in [-0.15, -0.1) is 0 Å². The third-order valence-electron chi connectivity index (χ3n) is 3.91. The Labute approximate surface area is 136 Å². The number of benzene rings is 1. The molecule has 0 aliphatic carbocycles. The fourth-order valence-electron chi connectivity index (χ4n) is 2.35. The second kappa shape index (κ2) is 8.41. The molecule has 6 heteroatoms. The first-order valence-electron chi connectivity index (χ1n) is 7.78. The number of piperidine rings is 1. The Bertz CT molecular complexity index is 520. The lowest BCUT2D eigenvalue weighted by Gasteiger charge is -2.30. The van der Waals surface area contributed by atoms with E-state index in [1.54, 1.807) is 36.3 Å². The highest BCUT2D eigenvalue weighted by atomic mass is 16.6. The smallest absolute Gasteiger partial charge is 0.344 e. The summed E-state index contributed by atoms with van der Waals surface area (Å²) in [4.78, 5) is 25.3. The van der Waals surface area contributed by atoms with Crippen molar-refractivity contribution in [3.8, 4) is 11.5 Å². The first kappa shape index (κ1) is 17.1. The zero-order valence-corrected chi connectivity index (χ0v) is 13.6. The van der Waals surface area contributed by atoms with Gasteiger partial charge in [-0.25, -0.2) is 4.79 Å². The molecule has 1 amide bonds. The summed E-state index contributed by atoms with van der Waals surface area (Å²) in [5.41, 5.74) is 0. The van der Waals surface area contributed by atoms with Crippen molar-refractivity contribution in [2.45, 2.75) is 19.8 Å². The maximum atomic E-state index is 11.9. The van der Waals surface area contributed by atoms with E-state index >= 15 is 0 Å². The van der Waals surface area contributed by atoms with Crippen LogP contribution in [0, 0.1) is 5.92 Å². The number of likely N-dealkylation sites (tertiary alicyclic amines) is 1. The number of rotatable bonds is 6. The number of carbonyl (C=O) groups is 2. The molecule has 1 saturated heterocycles. The number of carbonyl (C=O) groups excluding carboxylic acids is 2. The summed E-state index contributed by atoms with van der Waals surface area (Å²) in [7, 11) is 1.58. The molecule has 1 aliphatic rings. The van der Waals surface area contributed by atoms with E-state index < -0.39 is 5.97 Å². The van der Waals surface area contributed by atoms with Gasteiger partial charge in [-0.1, -0.05) is 6.92 Å². The summed E-state index contributed by atoms with van der Waals surface area (Å²) in [5.74, 6) is 1.20. The molecule has 1 heterocycles. The van der Waals surface area contributed by atoms with Crippen LogP contribution in [-0.4, -0.2) is 50.2 Å². The van der Waals surface area contributed by atoms with Crippen LogP contribution in [0.2, 0.25) is 0 Å². The van der Waals surface area contributed by atoms with Gasteiger partial charge in [0, 0.05) is 13.1 Å². The minimum Gasteiger partial charge on any atom is -0.497 e. The summed E-state index contributed by atoms with van der Waals surface area (Å²) in [6.45, 7) is 3.20. The molecule has 0 bridgehead atoms. The van der Waals surface area contributed by atoms with Crippen LogP contribution in [0.15, 0.2) is 24.3 Å². The van der Waals surface area contributed by atoms with Crippen molar-refractivity contribution in [3.63, 3.8) is 0 Å². The molecule has 0 N–H and O–H groups in total. The molecule has 1 aromatic rings. The lowest BCUT2D eigenvalue weighted by Crippen LogP contribution is -2.40. The summed E-state index contributed by atoms with van der Waals surface area (Å²) in [6, 6.07) is 6.88. The van der Waals surface area contributed by atoms with Crippen molar-refractivity contribution in [2.24, 2.45) is 5.92 Å². The Morgan fingerprint density at radius 2 is 1.70 bits per heavy atom. The van der Waals surface area contributed by atoms with Crippen LogP contribution in [0.5, 0.6) is 11.5 Å². The van der Waals surface area contributed by atoms with Gasteiger partial charge in [0.1, 0.15) is 11.5 Å². The maximum absolute atomic E-state index is 11.9. The van der Waals surface area contributed by atoms with E-state index in [1.807, 2.05) is 0 Å². The quantitative estimate of drug-likeness (QED) is 0.749. The molecule has 1 aliphatic heterocycles. The molecule has 1 aromatic carbocycles. The van der Waals surface area contributed by atoms with Crippen LogP contribution >= 0.6 is 0 Å². The third-order valence-corrected chi connectivity index (χ3v) is 3.91. The molecule has 2 rings (SSSR count). The van der Waals surface area contributed by atoms with Crippen molar-refractivity contribution in [1.29, 1.82) is 0 Å². The molecular formula is C17H23NO5. The molecule has 0 unspecified atom stereocenters. The number of methoxy groups -OCH3 is 1. The van der Waals surface area contributed by atoms with Gasteiger partial charge in [0.25, 0.3) is 5.91 Å². The number of hydrogen-bond donors (Lipinski definition) is 0. The Morgan fingerprint density at radius 3 is 2.30 bits per heavy atom. The molecule has 23 heavy (non-hydrogen) atoms. The Balaban J connectivity index is 1.67. The Hall–Kier alpha value is -2.24. The molecule has 126 valence electrons. The summed E-state index contributed by atoms with van der Waals surface area (Å²) in [6.07, 6.45) is 2.00. The van der Waals surface area contributed by atoms with E-state index in [1.165, 1.54) is 0 Å². The van der Waals surface area contributed by atoms with Crippen LogP contribution in [0.4, 0.5) is 0 Å². The number of amides is 1. The SMILES string of the molecule is COc1ccc(OCC(=O)OCC(=O)N2CCC(C)CC2)cc1. The number of ether oxygens (including phenoxy) is 3. The molecule has 0 aromatic heterocycles. The minimum absolute atomic E-state index is 0.144. The summed E-state index contributed by atoms with van der Waals surface area (Å²) in [5, 5.41) is 0. The second-order valence-corrected chi connectivity index (χ2v) is 5.69. The average Bonchev–Trinajstić information content (AvgIpc) is 2.59. The van der Waals surface area contributed by atoms with Crippen LogP contribution in [0.3, 0.4) is 0 Å². The van der Waals surface area contributed by atoms with Gasteiger partial charge in [0.2, 0.25) is 0 Å². The predicted octanol–water partition coefficient (Wildman–Crippen LogP) is 1.88. The standard InChI is InChI=1S/C17H23NO5/c1-13-7-9-18(10-8-13)16(19)11-23-17(20)12-22-15-5-3-14(21-2)4-6-15/h3-6,13H,7-12H2,1-2H3. The largest absolute Gasteiger partial charge is 0.497 e. The van der Waals surface area contributed by atoms with Crippen LogP contribution < -0.4 is 9.47 Å². The molecule has 0 radical (unpaired) electrons. The van der Waals surface area contributed by atoms with Gasteiger partial charge < -0.3 is 19.1 Å². The zero-order valence-electron chi connectivity index (χ0n) is 13.6. The monoisotopic (exact) mass is 321 g/mol. The molecule has 0 spiro atoms. The van der Waals surface area contributed by atoms with Crippen molar-refractivity contribution in [1.82, 2.24) is 4.90 Å². The predicted molar refractivity (Wildman–Crippen MR) is 84.4 cm³/mol. The van der Waals surface area contributed by atoms with Gasteiger partial charge in [0.15, 0.2) is 13.2 Å². The highest BCUT2D eigenvalue weighted by molar-refractivity contribution is 5.81. The molecule has 0 saturated carbocycles. The van der Waals surface area contributed by atoms with E-state index in [0.29, 0.717) is 17.4 Å². The molecular weight excluding hydrogens is 298 g/mol. The van der Waals surface area contributed by atoms with Gasteiger partial charge >= 0.3 is 5.97 Å². The number of esters is 1. The molecule has 1 fully saturated rings. The number of nitrogens with zero attached hydrogens (tertiary/aromatic N) is 1. The zero-order chi connectivity index (χ0) is 16.7. The van der Waals surface area contributed by atoms with Gasteiger partial charge in [0.05, 0.1) is 7.11 Å². The van der Waals surface area contributed by atoms with E-state index in [4.69, 9.17) is 14.2 Å². The molecule has 0 atom stereocenters. The van der Waals surface area contributed by atoms with Crippen molar-refractivity contribution in [2.75, 3.05) is 33.4 Å². The van der Waals surface area contributed by atoms with Gasteiger partial charge in [-0.05, 0) is 43.0 Å². The van der Waals surface area contributed by atoms with E-state index in [0.717, 1.165) is 25.9 Å². The first-order valence-corrected chi connectivity index (χ1v) is 7.78. The lowest BCUT2D eigenvalue weighted by atomic mass is 9.99. The van der Waals surface area contributed by atoms with Gasteiger partial charge in [-0.3, -0.25) is 4.79 Å². The Morgan fingerprint density at radius 1 is 1.09 bits per heavy atom. The minimum atomic E-state index is -0.556. The fraction of sp³-hybridized carbons (Fsp3) is 0.529. The number of hydrogen-bond acceptors (Lipinski definition) is 5. The highest BCUT2D eigenvalue weighted by Gasteiger charge is 2.21. The van der Waals surface area contributed by atoms with Crippen LogP contribution in [0.1, 0.15) is 19.8 Å². The van der Waals surface area contributed by atoms with Crippen molar-refractivity contribution < 1.29 is 23.8 Å². The summed E-state index contributed by atoms with van der Waals surface area (Å²) < 4.78 is 15.3. The summed E-state index contributed by atoms with van der Waals surface area (Å²) >= 11 is 0. The fourth-order valence-corrected chi connectivity index (χ4v) is 2.35. The maximum Gasteiger partial charge on any atom is 0.344 e. The van der Waals surface area contributed by atoms with Crippen LogP contribution in [-0.2, 0) is 14.3 Å². The third kappa shape index (κ3) is 5.47. The van der Waals surface area contributed by atoms with Crippen molar-refractivity contribution >= 4 is 11.9 Å². The van der Waals surface area contributed by atoms with Crippen molar-refractivity contribution in [3.05, 3.63) is 24.3 Å². The van der Waals surface area contributed by atoms with E-state index in [-0.39, 0.29) is 19.1 Å². The van der Waals surface area contributed by atoms with Crippen LogP contribution in [0.25, 0.3) is 0 Å². The van der Waals surface area contributed by atoms with E-state index in [9.17, 15) is 9.59 Å². The topological polar surface area (TPSA) is 65.1 Å². The molecule has 6 nitrogen and oxygen atoms in total. The van der Waals surface area contributed by atoms with Gasteiger partial charge in [-0.2, -0.15) is 0 Å². The normalized spacial score (nSPS) is 15.1. The highest BCUT2D eigenvalue weighted by Crippen LogP contribution is 2.17. The lowest BCUT2D eigenvalue weighted by molar-refractivity contribution is -0.154. The second-order valence-electron chi connectivity index (χ2n) is 5.69. The first-order chi connectivity index (χ1) is 11.1. The average molecular weight is 321 g/mol. The Kier molecular flexibility index (Phi) is 6.26. The van der Waals surface area contributed by atoms with E-state index in [2.05, 4.69) is 6.92 Å².